The highest BCUT2D eigenvalue weighted by Crippen LogP contribution is 2.35. The van der Waals surface area contributed by atoms with Gasteiger partial charge >= 0.3 is 11.9 Å². The standard InChI is InChI=1S/C32H28N2O7/c1-20(2)40-24-10-12-25(13-11-24)41-26-14-15-28-27(17-26)31(32(37)38)29(18-30(35)36)34(28)22-6-8-23(9-7-22)39-19-21-5-3-4-16-33-21/h3-17,20H,18-19H2,1-2H3,(H,35,36)(H,37,38). The lowest BCUT2D eigenvalue weighted by Gasteiger charge is -2.12. The zero-order valence-electron chi connectivity index (χ0n) is 22.5. The summed E-state index contributed by atoms with van der Waals surface area (Å²) < 4.78 is 19.1. The predicted molar refractivity (Wildman–Crippen MR) is 152 cm³/mol. The van der Waals surface area contributed by atoms with Crippen molar-refractivity contribution in [3.05, 3.63) is 108 Å². The Morgan fingerprint density at radius 1 is 0.854 bits per heavy atom. The summed E-state index contributed by atoms with van der Waals surface area (Å²) in [4.78, 5) is 28.5. The van der Waals surface area contributed by atoms with Gasteiger partial charge in [-0.2, -0.15) is 0 Å². The Balaban J connectivity index is 1.49. The molecule has 0 saturated heterocycles. The highest BCUT2D eigenvalue weighted by Gasteiger charge is 2.25. The number of nitrogens with zero attached hydrogens (tertiary/aromatic N) is 2. The molecule has 2 N–H and O–H groups in total. The topological polar surface area (TPSA) is 120 Å². The smallest absolute Gasteiger partial charge is 0.338 e. The zero-order chi connectivity index (χ0) is 28.9. The third-order valence-corrected chi connectivity index (χ3v) is 6.21. The van der Waals surface area contributed by atoms with Gasteiger partial charge in [0, 0.05) is 23.0 Å². The summed E-state index contributed by atoms with van der Waals surface area (Å²) in [5.41, 5.74) is 1.96. The van der Waals surface area contributed by atoms with Crippen LogP contribution in [0.25, 0.3) is 16.6 Å². The van der Waals surface area contributed by atoms with Crippen LogP contribution < -0.4 is 14.2 Å². The summed E-state index contributed by atoms with van der Waals surface area (Å²) in [6.07, 6.45) is 1.25. The van der Waals surface area contributed by atoms with Crippen molar-refractivity contribution in [2.24, 2.45) is 0 Å². The number of hydrogen-bond acceptors (Lipinski definition) is 6. The Morgan fingerprint density at radius 2 is 1.54 bits per heavy atom. The van der Waals surface area contributed by atoms with Gasteiger partial charge in [0.05, 0.1) is 29.3 Å². The first-order valence-corrected chi connectivity index (χ1v) is 13.0. The number of rotatable bonds is 11. The second-order valence-corrected chi connectivity index (χ2v) is 9.56. The molecule has 0 bridgehead atoms. The minimum Gasteiger partial charge on any atom is -0.491 e. The number of ether oxygens (including phenoxy) is 3. The average Bonchev–Trinajstić information content (AvgIpc) is 3.26. The zero-order valence-corrected chi connectivity index (χ0v) is 22.5. The molecule has 3 aromatic carbocycles. The van der Waals surface area contributed by atoms with E-state index in [4.69, 9.17) is 14.2 Å². The van der Waals surface area contributed by atoms with Gasteiger partial charge in [0.25, 0.3) is 0 Å². The highest BCUT2D eigenvalue weighted by atomic mass is 16.5. The first-order chi connectivity index (χ1) is 19.8. The molecule has 0 aliphatic rings. The van der Waals surface area contributed by atoms with E-state index in [1.54, 1.807) is 77.5 Å². The lowest BCUT2D eigenvalue weighted by Crippen LogP contribution is -2.11. The second-order valence-electron chi connectivity index (χ2n) is 9.56. The summed E-state index contributed by atoms with van der Waals surface area (Å²) in [6.45, 7) is 4.17. The van der Waals surface area contributed by atoms with Crippen LogP contribution in [-0.4, -0.2) is 37.8 Å². The number of aromatic nitrogens is 2. The summed E-state index contributed by atoms with van der Waals surface area (Å²) in [5, 5.41) is 20.2. The average molecular weight is 553 g/mol. The third-order valence-electron chi connectivity index (χ3n) is 6.21. The van der Waals surface area contributed by atoms with E-state index in [0.717, 1.165) is 5.69 Å². The van der Waals surface area contributed by atoms with E-state index >= 15 is 0 Å². The van der Waals surface area contributed by atoms with Crippen molar-refractivity contribution in [3.8, 4) is 28.7 Å². The largest absolute Gasteiger partial charge is 0.491 e. The molecule has 2 heterocycles. The monoisotopic (exact) mass is 552 g/mol. The molecule has 0 spiro atoms. The Labute approximate surface area is 236 Å². The summed E-state index contributed by atoms with van der Waals surface area (Å²) >= 11 is 0. The van der Waals surface area contributed by atoms with Crippen LogP contribution in [0, 0.1) is 0 Å². The molecule has 41 heavy (non-hydrogen) atoms. The molecule has 208 valence electrons. The summed E-state index contributed by atoms with van der Waals surface area (Å²) in [6, 6.07) is 24.8. The van der Waals surface area contributed by atoms with Crippen LogP contribution in [0.1, 0.15) is 35.6 Å². The SMILES string of the molecule is CC(C)Oc1ccc(Oc2ccc3c(c2)c(C(=O)O)c(CC(=O)O)n3-c2ccc(OCc3ccccn3)cc2)cc1. The Hall–Kier alpha value is -5.31. The van der Waals surface area contributed by atoms with Gasteiger partial charge < -0.3 is 29.0 Å². The number of carboxylic acid groups (broad SMARTS) is 2. The van der Waals surface area contributed by atoms with Crippen LogP contribution >= 0.6 is 0 Å². The fourth-order valence-corrected chi connectivity index (χ4v) is 4.56. The van der Waals surface area contributed by atoms with E-state index in [2.05, 4.69) is 4.98 Å². The molecule has 9 nitrogen and oxygen atoms in total. The van der Waals surface area contributed by atoms with Gasteiger partial charge in [-0.1, -0.05) is 6.07 Å². The van der Waals surface area contributed by atoms with Gasteiger partial charge in [-0.05, 0) is 92.7 Å². The number of aliphatic carboxylic acids is 1. The number of pyridine rings is 1. The molecule has 2 aromatic heterocycles. The van der Waals surface area contributed by atoms with Crippen molar-refractivity contribution < 1.29 is 34.0 Å². The van der Waals surface area contributed by atoms with Crippen LogP contribution in [0.4, 0.5) is 0 Å². The molecule has 0 aliphatic heterocycles. The summed E-state index contributed by atoms with van der Waals surface area (Å²) in [5.74, 6) is -0.118. The number of carboxylic acids is 2. The van der Waals surface area contributed by atoms with Gasteiger partial charge in [0.2, 0.25) is 0 Å². The quantitative estimate of drug-likeness (QED) is 0.190. The minimum atomic E-state index is -1.23. The molecule has 5 aromatic rings. The number of hydrogen-bond donors (Lipinski definition) is 2. The molecule has 0 atom stereocenters. The first kappa shape index (κ1) is 27.3. The predicted octanol–water partition coefficient (Wildman–Crippen LogP) is 6.51. The summed E-state index contributed by atoms with van der Waals surface area (Å²) in [7, 11) is 0. The van der Waals surface area contributed by atoms with Crippen molar-refractivity contribution in [1.82, 2.24) is 9.55 Å². The maximum absolute atomic E-state index is 12.4. The molecule has 0 fully saturated rings. The number of benzene rings is 3. The van der Waals surface area contributed by atoms with Crippen molar-refractivity contribution in [3.63, 3.8) is 0 Å². The molecular weight excluding hydrogens is 524 g/mol. The number of aromatic carboxylic acids is 1. The van der Waals surface area contributed by atoms with Gasteiger partial charge in [0.1, 0.15) is 29.6 Å². The molecule has 0 radical (unpaired) electrons. The fourth-order valence-electron chi connectivity index (χ4n) is 4.56. The van der Waals surface area contributed by atoms with Crippen LogP contribution in [0.15, 0.2) is 91.1 Å². The minimum absolute atomic E-state index is 0.0398. The molecular formula is C32H28N2O7. The maximum Gasteiger partial charge on any atom is 0.338 e. The van der Waals surface area contributed by atoms with E-state index in [9.17, 15) is 19.8 Å². The second kappa shape index (κ2) is 11.8. The van der Waals surface area contributed by atoms with Crippen molar-refractivity contribution >= 4 is 22.8 Å². The van der Waals surface area contributed by atoms with Crippen LogP contribution in [0.3, 0.4) is 0 Å². The molecule has 0 amide bonds. The van der Waals surface area contributed by atoms with Crippen molar-refractivity contribution in [2.75, 3.05) is 0 Å². The Bertz CT molecular complexity index is 1680. The van der Waals surface area contributed by atoms with Crippen LogP contribution in [0.2, 0.25) is 0 Å². The number of carbonyl (C=O) groups is 2. The van der Waals surface area contributed by atoms with Gasteiger partial charge in [-0.25, -0.2) is 4.79 Å². The van der Waals surface area contributed by atoms with Crippen molar-refractivity contribution in [2.45, 2.75) is 33.0 Å². The third kappa shape index (κ3) is 6.30. The van der Waals surface area contributed by atoms with E-state index < -0.39 is 18.4 Å². The number of fused-ring (bicyclic) bond motifs is 1. The first-order valence-electron chi connectivity index (χ1n) is 13.0. The Morgan fingerprint density at radius 3 is 2.17 bits per heavy atom. The van der Waals surface area contributed by atoms with E-state index in [1.165, 1.54) is 0 Å². The van der Waals surface area contributed by atoms with Crippen LogP contribution in [-0.2, 0) is 17.8 Å². The Kier molecular flexibility index (Phi) is 7.87. The lowest BCUT2D eigenvalue weighted by molar-refractivity contribution is -0.136. The van der Waals surface area contributed by atoms with Crippen molar-refractivity contribution in [1.29, 1.82) is 0 Å². The molecule has 5 rings (SSSR count). The molecule has 9 heteroatoms. The molecule has 0 saturated carbocycles. The highest BCUT2D eigenvalue weighted by molar-refractivity contribution is 6.07. The van der Waals surface area contributed by atoms with Gasteiger partial charge in [0.15, 0.2) is 0 Å². The fraction of sp³-hybridized carbons (Fsp3) is 0.156. The van der Waals surface area contributed by atoms with E-state index in [1.807, 2.05) is 32.0 Å². The van der Waals surface area contributed by atoms with Gasteiger partial charge in [-0.15, -0.1) is 0 Å². The normalized spacial score (nSPS) is 11.0. The molecule has 0 aliphatic carbocycles. The molecule has 0 unspecified atom stereocenters. The van der Waals surface area contributed by atoms with E-state index in [-0.39, 0.29) is 24.0 Å². The van der Waals surface area contributed by atoms with E-state index in [0.29, 0.717) is 39.6 Å². The maximum atomic E-state index is 12.4. The lowest BCUT2D eigenvalue weighted by atomic mass is 10.1. The van der Waals surface area contributed by atoms with Crippen LogP contribution in [0.5, 0.6) is 23.0 Å². The van der Waals surface area contributed by atoms with Gasteiger partial charge in [-0.3, -0.25) is 9.78 Å².